The summed E-state index contributed by atoms with van der Waals surface area (Å²) >= 11 is 0. The fourth-order valence-electron chi connectivity index (χ4n) is 7.70. The molecule has 272 valence electrons. The highest BCUT2D eigenvalue weighted by molar-refractivity contribution is 7.75. The Balaban J connectivity index is 4.84. The number of rotatable bonds is 40. The zero-order chi connectivity index (χ0) is 32.8. The highest BCUT2D eigenvalue weighted by Gasteiger charge is 2.35. The van der Waals surface area contributed by atoms with Crippen LogP contribution in [0, 0.1) is 0 Å². The van der Waals surface area contributed by atoms with Crippen molar-refractivity contribution in [3.63, 3.8) is 0 Å². The maximum atomic E-state index is 2.34. The lowest BCUT2D eigenvalue weighted by Gasteiger charge is -2.28. The van der Waals surface area contributed by atoms with E-state index in [2.05, 4.69) is 27.7 Å². The Morgan fingerprint density at radius 1 is 0.178 bits per heavy atom. The lowest BCUT2D eigenvalue weighted by atomic mass is 10.1. The third kappa shape index (κ3) is 34.1. The summed E-state index contributed by atoms with van der Waals surface area (Å²) in [5, 5.41) is 0. The minimum Gasteiger partial charge on any atom is -0.0654 e. The molecule has 0 aromatic heterocycles. The molecule has 0 unspecified atom stereocenters. The molecule has 0 aromatic carbocycles. The van der Waals surface area contributed by atoms with Gasteiger partial charge in [0.05, 0.1) is 24.6 Å². The molecule has 0 amide bonds. The van der Waals surface area contributed by atoms with Crippen LogP contribution in [0.15, 0.2) is 0 Å². The average molecular weight is 652 g/mol. The van der Waals surface area contributed by atoms with Crippen LogP contribution < -0.4 is 0 Å². The van der Waals surface area contributed by atoms with Crippen molar-refractivity contribution in [3.05, 3.63) is 0 Å². The van der Waals surface area contributed by atoms with Gasteiger partial charge in [-0.1, -0.05) is 207 Å². The van der Waals surface area contributed by atoms with Crippen molar-refractivity contribution < 1.29 is 0 Å². The number of unbranched alkanes of at least 4 members (excludes halogenated alkanes) is 32. The monoisotopic (exact) mass is 652 g/mol. The van der Waals surface area contributed by atoms with E-state index in [9.17, 15) is 0 Å². The van der Waals surface area contributed by atoms with Gasteiger partial charge in [0.25, 0.3) is 0 Å². The SMILES string of the molecule is CCCCCCCCCCC[P+](CCCCCCCCCCC)(CCCCCCCCCCC)CCCCCCCCCCC. The van der Waals surface area contributed by atoms with Gasteiger partial charge in [0, 0.05) is 7.26 Å². The van der Waals surface area contributed by atoms with Gasteiger partial charge in [-0.15, -0.1) is 0 Å². The van der Waals surface area contributed by atoms with E-state index < -0.39 is 7.26 Å². The molecule has 0 saturated carbocycles. The Labute approximate surface area is 290 Å². The first-order valence-electron chi connectivity index (χ1n) is 22.1. The van der Waals surface area contributed by atoms with Gasteiger partial charge < -0.3 is 0 Å². The molecule has 0 saturated heterocycles. The van der Waals surface area contributed by atoms with Crippen LogP contribution in [-0.2, 0) is 0 Å². The Bertz CT molecular complexity index is 420. The maximum absolute atomic E-state index is 2.34. The summed E-state index contributed by atoms with van der Waals surface area (Å²) in [5.74, 6) is 0. The Morgan fingerprint density at radius 2 is 0.311 bits per heavy atom. The van der Waals surface area contributed by atoms with Crippen LogP contribution in [0.2, 0.25) is 0 Å². The van der Waals surface area contributed by atoms with Crippen molar-refractivity contribution >= 4 is 7.26 Å². The van der Waals surface area contributed by atoms with Gasteiger partial charge in [-0.3, -0.25) is 0 Å². The number of hydrogen-bond donors (Lipinski definition) is 0. The van der Waals surface area contributed by atoms with Crippen LogP contribution in [0.25, 0.3) is 0 Å². The Hall–Kier alpha value is 0.430. The van der Waals surface area contributed by atoms with E-state index in [0.29, 0.717) is 0 Å². The van der Waals surface area contributed by atoms with Gasteiger partial charge in [-0.2, -0.15) is 0 Å². The first kappa shape index (κ1) is 45.4. The second-order valence-electron chi connectivity index (χ2n) is 15.5. The highest BCUT2D eigenvalue weighted by Crippen LogP contribution is 2.61. The molecule has 0 aliphatic rings. The summed E-state index contributed by atoms with van der Waals surface area (Å²) in [6, 6.07) is 0. The summed E-state index contributed by atoms with van der Waals surface area (Å²) < 4.78 is 0. The summed E-state index contributed by atoms with van der Waals surface area (Å²) in [4.78, 5) is 0. The van der Waals surface area contributed by atoms with Crippen molar-refractivity contribution in [2.45, 2.75) is 259 Å². The zero-order valence-corrected chi connectivity index (χ0v) is 33.6. The molecule has 45 heavy (non-hydrogen) atoms. The predicted molar refractivity (Wildman–Crippen MR) is 215 cm³/mol. The van der Waals surface area contributed by atoms with E-state index in [1.54, 1.807) is 50.3 Å². The van der Waals surface area contributed by atoms with E-state index >= 15 is 0 Å². The van der Waals surface area contributed by atoms with Crippen LogP contribution in [0.5, 0.6) is 0 Å². The second kappa shape index (κ2) is 38.9. The molecule has 0 aliphatic carbocycles. The zero-order valence-electron chi connectivity index (χ0n) is 32.7. The van der Waals surface area contributed by atoms with E-state index in [1.807, 2.05) is 0 Å². The van der Waals surface area contributed by atoms with Gasteiger partial charge in [0.15, 0.2) is 0 Å². The lowest BCUT2D eigenvalue weighted by molar-refractivity contribution is 0.566. The largest absolute Gasteiger partial charge is 0.0654 e. The fraction of sp³-hybridized carbons (Fsp3) is 1.00. The minimum atomic E-state index is -0.778. The molecule has 0 fully saturated rings. The lowest BCUT2D eigenvalue weighted by Crippen LogP contribution is -2.13. The summed E-state index contributed by atoms with van der Waals surface area (Å²) in [6.45, 7) is 9.36. The van der Waals surface area contributed by atoms with Crippen LogP contribution >= 0.6 is 7.26 Å². The van der Waals surface area contributed by atoms with Crippen LogP contribution in [0.4, 0.5) is 0 Å². The quantitative estimate of drug-likeness (QED) is 0.0457. The molecule has 1 heteroatoms. The topological polar surface area (TPSA) is 0 Å². The summed E-state index contributed by atoms with van der Waals surface area (Å²) in [6.07, 6.45) is 60.2. The standard InChI is InChI=1S/C44H92P/c1-5-9-13-17-21-25-29-33-37-41-45(42-38-34-30-26-22-18-14-10-6-2,43-39-35-31-27-23-19-15-11-7-3)44-40-36-32-28-24-20-16-12-8-4/h5-44H2,1-4H3/q+1. The minimum absolute atomic E-state index is 0.778. The Morgan fingerprint density at radius 3 is 0.467 bits per heavy atom. The maximum Gasteiger partial charge on any atom is 0.0594 e. The molecule has 0 rings (SSSR count). The van der Waals surface area contributed by atoms with E-state index in [0.717, 1.165) is 0 Å². The van der Waals surface area contributed by atoms with Gasteiger partial charge in [-0.25, -0.2) is 0 Å². The van der Waals surface area contributed by atoms with Crippen molar-refractivity contribution in [3.8, 4) is 0 Å². The average Bonchev–Trinajstić information content (AvgIpc) is 3.05. The first-order chi connectivity index (χ1) is 22.2. The molecule has 0 radical (unpaired) electrons. The predicted octanol–water partition coefficient (Wildman–Crippen LogP) is 17.1. The molecule has 0 heterocycles. The van der Waals surface area contributed by atoms with E-state index in [1.165, 1.54) is 205 Å². The molecule has 0 nitrogen and oxygen atoms in total. The third-order valence-corrected chi connectivity index (χ3v) is 16.0. The molecule has 0 bridgehead atoms. The highest BCUT2D eigenvalue weighted by atomic mass is 31.2. The van der Waals surface area contributed by atoms with Crippen LogP contribution in [-0.4, -0.2) is 24.6 Å². The third-order valence-electron chi connectivity index (χ3n) is 10.9. The van der Waals surface area contributed by atoms with Gasteiger partial charge in [0.2, 0.25) is 0 Å². The van der Waals surface area contributed by atoms with Gasteiger partial charge in [-0.05, 0) is 51.4 Å². The van der Waals surface area contributed by atoms with Gasteiger partial charge in [0.1, 0.15) is 0 Å². The summed E-state index contributed by atoms with van der Waals surface area (Å²) in [7, 11) is -0.778. The van der Waals surface area contributed by atoms with Crippen LogP contribution in [0.1, 0.15) is 259 Å². The van der Waals surface area contributed by atoms with Gasteiger partial charge >= 0.3 is 0 Å². The second-order valence-corrected chi connectivity index (χ2v) is 20.0. The molecule has 0 spiro atoms. The van der Waals surface area contributed by atoms with Crippen molar-refractivity contribution in [2.24, 2.45) is 0 Å². The fourth-order valence-corrected chi connectivity index (χ4v) is 12.6. The van der Waals surface area contributed by atoms with Crippen molar-refractivity contribution in [2.75, 3.05) is 24.6 Å². The molecule has 0 aromatic rings. The smallest absolute Gasteiger partial charge is 0.0594 e. The van der Waals surface area contributed by atoms with Crippen molar-refractivity contribution in [1.29, 1.82) is 0 Å². The molecule has 0 aliphatic heterocycles. The molecular formula is C44H92P+. The number of hydrogen-bond acceptors (Lipinski definition) is 0. The molecular weight excluding hydrogens is 559 g/mol. The van der Waals surface area contributed by atoms with E-state index in [4.69, 9.17) is 0 Å². The molecule has 0 atom stereocenters. The summed E-state index contributed by atoms with van der Waals surface area (Å²) in [5.41, 5.74) is 0. The first-order valence-corrected chi connectivity index (χ1v) is 24.6. The molecule has 0 N–H and O–H groups in total. The Kier molecular flexibility index (Phi) is 39.2. The van der Waals surface area contributed by atoms with Crippen LogP contribution in [0.3, 0.4) is 0 Å². The van der Waals surface area contributed by atoms with Crippen molar-refractivity contribution in [1.82, 2.24) is 0 Å². The van der Waals surface area contributed by atoms with E-state index in [-0.39, 0.29) is 0 Å². The normalized spacial score (nSPS) is 12.0.